The molecule has 1 aromatic carbocycles. The van der Waals surface area contributed by atoms with Crippen LogP contribution in [-0.2, 0) is 4.74 Å². The molecule has 1 fully saturated rings. The smallest absolute Gasteiger partial charge is 0.272 e. The van der Waals surface area contributed by atoms with Crippen molar-refractivity contribution in [3.05, 3.63) is 59.9 Å². The average molecular weight is 301 g/mol. The molecular weight excluding hydrogens is 285 g/mol. The molecule has 2 heterocycles. The SMILES string of the molecule is O=C(N[C@@H](c1ccc(F)cc1)[C@@H]1CCCO1)c1cnccn1. The lowest BCUT2D eigenvalue weighted by Gasteiger charge is -2.24. The van der Waals surface area contributed by atoms with Crippen molar-refractivity contribution < 1.29 is 13.9 Å². The number of benzene rings is 1. The number of aromatic nitrogens is 2. The Morgan fingerprint density at radius 1 is 1.32 bits per heavy atom. The van der Waals surface area contributed by atoms with Gasteiger partial charge in [-0.25, -0.2) is 9.37 Å². The third-order valence-electron chi connectivity index (χ3n) is 3.65. The number of hydrogen-bond donors (Lipinski definition) is 1. The van der Waals surface area contributed by atoms with Crippen molar-refractivity contribution in [2.45, 2.75) is 25.0 Å². The van der Waals surface area contributed by atoms with Gasteiger partial charge in [0, 0.05) is 19.0 Å². The molecule has 22 heavy (non-hydrogen) atoms. The summed E-state index contributed by atoms with van der Waals surface area (Å²) in [6.45, 7) is 0.670. The molecule has 1 aliphatic rings. The van der Waals surface area contributed by atoms with E-state index in [0.717, 1.165) is 18.4 Å². The molecule has 1 N–H and O–H groups in total. The molecule has 6 heteroatoms. The van der Waals surface area contributed by atoms with E-state index < -0.39 is 0 Å². The Kier molecular flexibility index (Phi) is 4.39. The number of halogens is 1. The monoisotopic (exact) mass is 301 g/mol. The van der Waals surface area contributed by atoms with Crippen LogP contribution in [-0.4, -0.2) is 28.6 Å². The first-order valence-corrected chi connectivity index (χ1v) is 7.18. The number of nitrogens with one attached hydrogen (secondary N) is 1. The lowest BCUT2D eigenvalue weighted by Crippen LogP contribution is -2.36. The topological polar surface area (TPSA) is 64.1 Å². The second-order valence-corrected chi connectivity index (χ2v) is 5.14. The van der Waals surface area contributed by atoms with Crippen molar-refractivity contribution in [2.75, 3.05) is 6.61 Å². The van der Waals surface area contributed by atoms with Gasteiger partial charge >= 0.3 is 0 Å². The van der Waals surface area contributed by atoms with Crippen LogP contribution in [0.5, 0.6) is 0 Å². The number of rotatable bonds is 4. The molecule has 1 saturated heterocycles. The normalized spacial score (nSPS) is 18.9. The number of carbonyl (C=O) groups excluding carboxylic acids is 1. The zero-order valence-electron chi connectivity index (χ0n) is 11.9. The predicted molar refractivity (Wildman–Crippen MR) is 77.6 cm³/mol. The summed E-state index contributed by atoms with van der Waals surface area (Å²) in [6, 6.07) is 5.76. The van der Waals surface area contributed by atoms with Gasteiger partial charge in [0.05, 0.1) is 18.3 Å². The van der Waals surface area contributed by atoms with E-state index in [-0.39, 0.29) is 29.6 Å². The van der Waals surface area contributed by atoms with Gasteiger partial charge in [0.25, 0.3) is 5.91 Å². The Morgan fingerprint density at radius 2 is 2.14 bits per heavy atom. The van der Waals surface area contributed by atoms with E-state index in [1.165, 1.54) is 30.7 Å². The number of hydrogen-bond acceptors (Lipinski definition) is 4. The maximum atomic E-state index is 13.1. The summed E-state index contributed by atoms with van der Waals surface area (Å²) >= 11 is 0. The van der Waals surface area contributed by atoms with Crippen LogP contribution in [0.4, 0.5) is 4.39 Å². The van der Waals surface area contributed by atoms with Gasteiger partial charge in [-0.3, -0.25) is 9.78 Å². The molecule has 0 spiro atoms. The van der Waals surface area contributed by atoms with Crippen LogP contribution in [0.1, 0.15) is 34.9 Å². The van der Waals surface area contributed by atoms with Crippen LogP contribution in [0.2, 0.25) is 0 Å². The van der Waals surface area contributed by atoms with Gasteiger partial charge in [-0.1, -0.05) is 12.1 Å². The minimum Gasteiger partial charge on any atom is -0.376 e. The maximum absolute atomic E-state index is 13.1. The first-order chi connectivity index (χ1) is 10.7. The lowest BCUT2D eigenvalue weighted by atomic mass is 9.99. The van der Waals surface area contributed by atoms with Crippen molar-refractivity contribution in [1.29, 1.82) is 0 Å². The van der Waals surface area contributed by atoms with E-state index in [2.05, 4.69) is 15.3 Å². The van der Waals surface area contributed by atoms with Gasteiger partial charge in [-0.15, -0.1) is 0 Å². The molecule has 1 aliphatic heterocycles. The highest BCUT2D eigenvalue weighted by molar-refractivity contribution is 5.92. The van der Waals surface area contributed by atoms with Crippen LogP contribution >= 0.6 is 0 Å². The van der Waals surface area contributed by atoms with Crippen molar-refractivity contribution in [3.63, 3.8) is 0 Å². The van der Waals surface area contributed by atoms with Gasteiger partial charge in [0.2, 0.25) is 0 Å². The number of amides is 1. The Labute approximate surface area is 127 Å². The van der Waals surface area contributed by atoms with E-state index in [0.29, 0.717) is 6.61 Å². The Hall–Kier alpha value is -2.34. The largest absolute Gasteiger partial charge is 0.376 e. The third-order valence-corrected chi connectivity index (χ3v) is 3.65. The molecule has 0 bridgehead atoms. The molecule has 0 unspecified atom stereocenters. The van der Waals surface area contributed by atoms with Crippen molar-refractivity contribution in [3.8, 4) is 0 Å². The van der Waals surface area contributed by atoms with Crippen LogP contribution in [0.25, 0.3) is 0 Å². The minimum absolute atomic E-state index is 0.119. The average Bonchev–Trinajstić information content (AvgIpc) is 3.08. The molecular formula is C16H16FN3O2. The standard InChI is InChI=1S/C16H16FN3O2/c17-12-5-3-11(4-6-12)15(14-2-1-9-22-14)20-16(21)13-10-18-7-8-19-13/h3-8,10,14-15H,1-2,9H2,(H,20,21)/t14-,15-/m0/s1. The van der Waals surface area contributed by atoms with Gasteiger partial charge in [0.1, 0.15) is 11.5 Å². The van der Waals surface area contributed by atoms with E-state index >= 15 is 0 Å². The summed E-state index contributed by atoms with van der Waals surface area (Å²) in [5.41, 5.74) is 1.05. The van der Waals surface area contributed by atoms with Crippen molar-refractivity contribution in [2.24, 2.45) is 0 Å². The minimum atomic E-state index is -0.336. The van der Waals surface area contributed by atoms with Crippen LogP contribution < -0.4 is 5.32 Å². The van der Waals surface area contributed by atoms with E-state index in [1.54, 1.807) is 12.1 Å². The fourth-order valence-electron chi connectivity index (χ4n) is 2.56. The molecule has 0 aliphatic carbocycles. The number of carbonyl (C=O) groups is 1. The second-order valence-electron chi connectivity index (χ2n) is 5.14. The fourth-order valence-corrected chi connectivity index (χ4v) is 2.56. The zero-order chi connectivity index (χ0) is 15.4. The number of nitrogens with zero attached hydrogens (tertiary/aromatic N) is 2. The van der Waals surface area contributed by atoms with Crippen LogP contribution in [0.15, 0.2) is 42.9 Å². The van der Waals surface area contributed by atoms with Crippen molar-refractivity contribution in [1.82, 2.24) is 15.3 Å². The van der Waals surface area contributed by atoms with E-state index in [4.69, 9.17) is 4.74 Å². The summed E-state index contributed by atoms with van der Waals surface area (Å²) in [5.74, 6) is -0.631. The molecule has 0 radical (unpaired) electrons. The van der Waals surface area contributed by atoms with Gasteiger partial charge in [-0.2, -0.15) is 0 Å². The van der Waals surface area contributed by atoms with E-state index in [9.17, 15) is 9.18 Å². The van der Waals surface area contributed by atoms with Gasteiger partial charge < -0.3 is 10.1 Å². The van der Waals surface area contributed by atoms with Crippen molar-refractivity contribution >= 4 is 5.91 Å². The third kappa shape index (κ3) is 3.28. The zero-order valence-corrected chi connectivity index (χ0v) is 11.9. The Bertz CT molecular complexity index is 628. The van der Waals surface area contributed by atoms with Gasteiger partial charge in [-0.05, 0) is 30.5 Å². The molecule has 114 valence electrons. The molecule has 2 atom stereocenters. The maximum Gasteiger partial charge on any atom is 0.272 e. The molecule has 3 rings (SSSR count). The predicted octanol–water partition coefficient (Wildman–Crippen LogP) is 2.27. The highest BCUT2D eigenvalue weighted by Gasteiger charge is 2.29. The van der Waals surface area contributed by atoms with Crippen LogP contribution in [0, 0.1) is 5.82 Å². The summed E-state index contributed by atoms with van der Waals surface area (Å²) < 4.78 is 18.8. The molecule has 1 amide bonds. The first kappa shape index (κ1) is 14.6. The number of ether oxygens (including phenoxy) is 1. The molecule has 0 saturated carbocycles. The lowest BCUT2D eigenvalue weighted by molar-refractivity contribution is 0.0669. The fraction of sp³-hybridized carbons (Fsp3) is 0.312. The summed E-state index contributed by atoms with van der Waals surface area (Å²) in [4.78, 5) is 20.2. The highest BCUT2D eigenvalue weighted by Crippen LogP contribution is 2.27. The van der Waals surface area contributed by atoms with Crippen LogP contribution in [0.3, 0.4) is 0 Å². The summed E-state index contributed by atoms with van der Waals surface area (Å²) in [6.07, 6.45) is 6.06. The molecule has 1 aromatic heterocycles. The molecule has 2 aromatic rings. The Balaban J connectivity index is 1.82. The molecule has 5 nitrogen and oxygen atoms in total. The summed E-state index contributed by atoms with van der Waals surface area (Å²) in [7, 11) is 0. The van der Waals surface area contributed by atoms with E-state index in [1.807, 2.05) is 0 Å². The highest BCUT2D eigenvalue weighted by atomic mass is 19.1. The second kappa shape index (κ2) is 6.62. The summed E-state index contributed by atoms with van der Waals surface area (Å²) in [5, 5.41) is 2.92. The Morgan fingerprint density at radius 3 is 2.77 bits per heavy atom. The quantitative estimate of drug-likeness (QED) is 0.941. The first-order valence-electron chi connectivity index (χ1n) is 7.18. The van der Waals surface area contributed by atoms with Gasteiger partial charge in [0.15, 0.2) is 0 Å².